The first kappa shape index (κ1) is 12.3. The van der Waals surface area contributed by atoms with Crippen LogP contribution in [0.25, 0.3) is 0 Å². The van der Waals surface area contributed by atoms with Crippen LogP contribution in [0.1, 0.15) is 17.1 Å². The van der Waals surface area contributed by atoms with E-state index in [0.717, 1.165) is 30.2 Å². The van der Waals surface area contributed by atoms with Crippen LogP contribution in [0, 0.1) is 6.92 Å². The summed E-state index contributed by atoms with van der Waals surface area (Å²) in [5.41, 5.74) is 1.04. The summed E-state index contributed by atoms with van der Waals surface area (Å²) < 4.78 is 5.18. The topological polar surface area (TPSA) is 63.2 Å². The zero-order valence-electron chi connectivity index (χ0n) is 9.86. The van der Waals surface area contributed by atoms with Crippen molar-refractivity contribution in [3.63, 3.8) is 0 Å². The van der Waals surface area contributed by atoms with E-state index >= 15 is 0 Å². The van der Waals surface area contributed by atoms with Crippen molar-refractivity contribution < 1.29 is 9.53 Å². The molecule has 1 aromatic rings. The van der Waals surface area contributed by atoms with Crippen molar-refractivity contribution in [1.82, 2.24) is 15.6 Å². The molecule has 0 bridgehead atoms. The Hall–Kier alpha value is -1.14. The summed E-state index contributed by atoms with van der Waals surface area (Å²) in [5, 5.41) is 8.79. The maximum atomic E-state index is 11.5. The highest BCUT2D eigenvalue weighted by Gasteiger charge is 2.17. The second-order valence-corrected chi connectivity index (χ2v) is 5.04. The van der Waals surface area contributed by atoms with Crippen molar-refractivity contribution in [3.8, 4) is 0 Å². The third kappa shape index (κ3) is 3.98. The second kappa shape index (κ2) is 5.97. The second-order valence-electron chi connectivity index (χ2n) is 4.09. The highest BCUT2D eigenvalue weighted by Crippen LogP contribution is 2.08. The smallest absolute Gasteiger partial charge is 0.315 e. The van der Waals surface area contributed by atoms with E-state index in [1.807, 2.05) is 12.3 Å². The van der Waals surface area contributed by atoms with Crippen LogP contribution >= 0.6 is 11.3 Å². The minimum Gasteiger partial charge on any atom is -0.379 e. The molecule has 1 unspecified atom stereocenters. The largest absolute Gasteiger partial charge is 0.379 e. The number of thiazole rings is 1. The molecule has 6 heteroatoms. The van der Waals surface area contributed by atoms with Gasteiger partial charge in [-0.3, -0.25) is 0 Å². The lowest BCUT2D eigenvalue weighted by atomic mass is 10.3. The molecule has 1 aliphatic rings. The van der Waals surface area contributed by atoms with Crippen LogP contribution in [0.5, 0.6) is 0 Å². The molecule has 0 saturated carbocycles. The van der Waals surface area contributed by atoms with E-state index in [0.29, 0.717) is 13.2 Å². The number of aryl methyl sites for hydroxylation is 1. The molecular formula is C11H17N3O2S. The average molecular weight is 255 g/mol. The van der Waals surface area contributed by atoms with Gasteiger partial charge < -0.3 is 15.4 Å². The Bertz CT molecular complexity index is 375. The van der Waals surface area contributed by atoms with Gasteiger partial charge in [0.1, 0.15) is 0 Å². The van der Waals surface area contributed by atoms with Crippen LogP contribution in [0.15, 0.2) is 5.38 Å². The highest BCUT2D eigenvalue weighted by molar-refractivity contribution is 7.09. The first-order valence-corrected chi connectivity index (χ1v) is 6.65. The molecule has 1 aromatic heterocycles. The molecule has 2 rings (SSSR count). The van der Waals surface area contributed by atoms with E-state index in [-0.39, 0.29) is 12.1 Å². The van der Waals surface area contributed by atoms with E-state index in [1.54, 1.807) is 11.3 Å². The Labute approximate surface area is 105 Å². The van der Waals surface area contributed by atoms with E-state index < -0.39 is 0 Å². The molecule has 1 fully saturated rings. The van der Waals surface area contributed by atoms with Gasteiger partial charge in [0.15, 0.2) is 0 Å². The van der Waals surface area contributed by atoms with Gasteiger partial charge in [-0.15, -0.1) is 11.3 Å². The van der Waals surface area contributed by atoms with Gasteiger partial charge >= 0.3 is 6.03 Å². The zero-order valence-corrected chi connectivity index (χ0v) is 10.7. The van der Waals surface area contributed by atoms with Crippen molar-refractivity contribution in [2.45, 2.75) is 25.8 Å². The maximum Gasteiger partial charge on any atom is 0.315 e. The van der Waals surface area contributed by atoms with E-state index in [4.69, 9.17) is 4.74 Å². The van der Waals surface area contributed by atoms with E-state index in [9.17, 15) is 4.79 Å². The molecule has 94 valence electrons. The number of carbonyl (C=O) groups is 1. The Balaban J connectivity index is 1.62. The summed E-state index contributed by atoms with van der Waals surface area (Å²) in [7, 11) is 0. The Morgan fingerprint density at radius 1 is 1.71 bits per heavy atom. The summed E-state index contributed by atoms with van der Waals surface area (Å²) in [5.74, 6) is 0. The molecule has 0 aliphatic carbocycles. The molecule has 1 aliphatic heterocycles. The van der Waals surface area contributed by atoms with Crippen molar-refractivity contribution >= 4 is 17.4 Å². The molecule has 2 N–H and O–H groups in total. The number of amides is 2. The number of rotatable bonds is 4. The molecular weight excluding hydrogens is 238 g/mol. The number of carbonyl (C=O) groups excluding carboxylic acids is 1. The number of nitrogens with one attached hydrogen (secondary N) is 2. The normalized spacial score (nSPS) is 19.2. The molecule has 0 aromatic carbocycles. The number of hydrogen-bond donors (Lipinski definition) is 2. The molecule has 2 heterocycles. The fourth-order valence-electron chi connectivity index (χ4n) is 1.69. The number of nitrogens with zero attached hydrogens (tertiary/aromatic N) is 1. The van der Waals surface area contributed by atoms with E-state index in [2.05, 4.69) is 15.6 Å². The number of hydrogen-bond acceptors (Lipinski definition) is 4. The zero-order chi connectivity index (χ0) is 12.1. The van der Waals surface area contributed by atoms with Crippen LogP contribution in [0.4, 0.5) is 4.79 Å². The monoisotopic (exact) mass is 255 g/mol. The molecule has 17 heavy (non-hydrogen) atoms. The number of urea groups is 1. The van der Waals surface area contributed by atoms with Gasteiger partial charge in [0, 0.05) is 30.6 Å². The standard InChI is InChI=1S/C11H17N3O2S/c1-8-7-17-10(13-8)2-4-12-11(15)14-9-3-5-16-6-9/h7,9H,2-6H2,1H3,(H2,12,14,15). The van der Waals surface area contributed by atoms with Crippen LogP contribution in [-0.2, 0) is 11.2 Å². The summed E-state index contributed by atoms with van der Waals surface area (Å²) >= 11 is 1.63. The highest BCUT2D eigenvalue weighted by atomic mass is 32.1. The molecule has 2 amide bonds. The van der Waals surface area contributed by atoms with Crippen molar-refractivity contribution in [1.29, 1.82) is 0 Å². The molecule has 5 nitrogen and oxygen atoms in total. The first-order valence-electron chi connectivity index (χ1n) is 5.77. The minimum atomic E-state index is -0.117. The lowest BCUT2D eigenvalue weighted by Gasteiger charge is -2.11. The van der Waals surface area contributed by atoms with Crippen LogP contribution in [0.2, 0.25) is 0 Å². The van der Waals surface area contributed by atoms with Crippen LogP contribution in [0.3, 0.4) is 0 Å². The van der Waals surface area contributed by atoms with Gasteiger partial charge in [-0.25, -0.2) is 9.78 Å². The number of aromatic nitrogens is 1. The van der Waals surface area contributed by atoms with Gasteiger partial charge in [0.2, 0.25) is 0 Å². The maximum absolute atomic E-state index is 11.5. The average Bonchev–Trinajstić information content (AvgIpc) is 2.90. The van der Waals surface area contributed by atoms with Crippen molar-refractivity contribution in [3.05, 3.63) is 16.1 Å². The summed E-state index contributed by atoms with van der Waals surface area (Å²) in [6.45, 7) is 3.95. The van der Waals surface area contributed by atoms with Gasteiger partial charge in [-0.1, -0.05) is 0 Å². The first-order chi connectivity index (χ1) is 8.24. The summed E-state index contributed by atoms with van der Waals surface area (Å²) in [4.78, 5) is 15.8. The lowest BCUT2D eigenvalue weighted by molar-refractivity contribution is 0.188. The Morgan fingerprint density at radius 2 is 2.59 bits per heavy atom. The molecule has 0 radical (unpaired) electrons. The minimum absolute atomic E-state index is 0.117. The predicted molar refractivity (Wildman–Crippen MR) is 66.3 cm³/mol. The quantitative estimate of drug-likeness (QED) is 0.846. The van der Waals surface area contributed by atoms with Gasteiger partial charge in [-0.2, -0.15) is 0 Å². The number of ether oxygens (including phenoxy) is 1. The van der Waals surface area contributed by atoms with Gasteiger partial charge in [0.05, 0.1) is 17.7 Å². The van der Waals surface area contributed by atoms with Crippen molar-refractivity contribution in [2.75, 3.05) is 19.8 Å². The molecule has 1 atom stereocenters. The molecule has 0 spiro atoms. The SMILES string of the molecule is Cc1csc(CCNC(=O)NC2CCOC2)n1. The van der Waals surface area contributed by atoms with Crippen LogP contribution in [-0.4, -0.2) is 36.8 Å². The summed E-state index contributed by atoms with van der Waals surface area (Å²) in [6, 6.07) is 0.0471. The van der Waals surface area contributed by atoms with Gasteiger partial charge in [0.25, 0.3) is 0 Å². The van der Waals surface area contributed by atoms with Crippen molar-refractivity contribution in [2.24, 2.45) is 0 Å². The lowest BCUT2D eigenvalue weighted by Crippen LogP contribution is -2.42. The van der Waals surface area contributed by atoms with Crippen LogP contribution < -0.4 is 10.6 Å². The Kier molecular flexibility index (Phi) is 4.33. The predicted octanol–water partition coefficient (Wildman–Crippen LogP) is 1.08. The van der Waals surface area contributed by atoms with E-state index in [1.165, 1.54) is 0 Å². The fraction of sp³-hybridized carbons (Fsp3) is 0.636. The third-order valence-electron chi connectivity index (χ3n) is 2.56. The molecule has 1 saturated heterocycles. The third-order valence-corrected chi connectivity index (χ3v) is 3.58. The van der Waals surface area contributed by atoms with Gasteiger partial charge in [-0.05, 0) is 13.3 Å². The Morgan fingerprint density at radius 3 is 3.24 bits per heavy atom. The fourth-order valence-corrected chi connectivity index (χ4v) is 2.46. The summed E-state index contributed by atoms with van der Waals surface area (Å²) in [6.07, 6.45) is 1.69.